The van der Waals surface area contributed by atoms with E-state index in [2.05, 4.69) is 27.7 Å². The highest BCUT2D eigenvalue weighted by Gasteiger charge is 2.35. The molecule has 88 valence electrons. The molecule has 0 aromatic heterocycles. The van der Waals surface area contributed by atoms with Crippen molar-refractivity contribution in [3.63, 3.8) is 0 Å². The van der Waals surface area contributed by atoms with Gasteiger partial charge in [-0.1, -0.05) is 40.5 Å². The fraction of sp³-hybridized carbons (Fsp3) is 0.929. The Bertz CT molecular complexity index is 207. The maximum atomic E-state index is 12.4. The van der Waals surface area contributed by atoms with E-state index in [1.165, 1.54) is 12.8 Å². The SMILES string of the molecule is CCC(C)(CC)C(=O)C1CCC(C)CC1. The van der Waals surface area contributed by atoms with Crippen molar-refractivity contribution in [2.24, 2.45) is 17.3 Å². The minimum absolute atomic E-state index is 0.0504. The van der Waals surface area contributed by atoms with Crippen molar-refractivity contribution in [2.45, 2.75) is 66.2 Å². The van der Waals surface area contributed by atoms with Gasteiger partial charge in [-0.25, -0.2) is 0 Å². The van der Waals surface area contributed by atoms with Crippen LogP contribution in [-0.2, 0) is 4.79 Å². The van der Waals surface area contributed by atoms with Crippen LogP contribution in [0.1, 0.15) is 66.2 Å². The van der Waals surface area contributed by atoms with E-state index < -0.39 is 0 Å². The third-order valence-electron chi connectivity index (χ3n) is 4.54. The number of hydrogen-bond acceptors (Lipinski definition) is 1. The van der Waals surface area contributed by atoms with E-state index >= 15 is 0 Å². The van der Waals surface area contributed by atoms with Gasteiger partial charge in [0.05, 0.1) is 0 Å². The highest BCUT2D eigenvalue weighted by Crippen LogP contribution is 2.37. The summed E-state index contributed by atoms with van der Waals surface area (Å²) in [5, 5.41) is 0. The summed E-state index contributed by atoms with van der Waals surface area (Å²) in [7, 11) is 0. The van der Waals surface area contributed by atoms with Gasteiger partial charge in [0, 0.05) is 11.3 Å². The monoisotopic (exact) mass is 210 g/mol. The Balaban J connectivity index is 2.60. The summed E-state index contributed by atoms with van der Waals surface area (Å²) >= 11 is 0. The van der Waals surface area contributed by atoms with E-state index in [4.69, 9.17) is 0 Å². The molecule has 1 heteroatoms. The molecule has 0 bridgehead atoms. The molecule has 0 radical (unpaired) electrons. The molecule has 0 aromatic carbocycles. The first-order valence-corrected chi connectivity index (χ1v) is 6.57. The number of carbonyl (C=O) groups is 1. The second-order valence-corrected chi connectivity index (χ2v) is 5.59. The van der Waals surface area contributed by atoms with Crippen LogP contribution in [0.2, 0.25) is 0 Å². The number of ketones is 1. The predicted molar refractivity (Wildman–Crippen MR) is 64.8 cm³/mol. The van der Waals surface area contributed by atoms with Crippen LogP contribution in [0, 0.1) is 17.3 Å². The lowest BCUT2D eigenvalue weighted by molar-refractivity contribution is -0.133. The summed E-state index contributed by atoms with van der Waals surface area (Å²) in [4.78, 5) is 12.4. The van der Waals surface area contributed by atoms with Gasteiger partial charge in [0.15, 0.2) is 0 Å². The van der Waals surface area contributed by atoms with Gasteiger partial charge in [0.1, 0.15) is 5.78 Å². The lowest BCUT2D eigenvalue weighted by atomic mass is 9.70. The van der Waals surface area contributed by atoms with Crippen LogP contribution in [0.3, 0.4) is 0 Å². The van der Waals surface area contributed by atoms with Crippen molar-refractivity contribution >= 4 is 5.78 Å². The molecule has 0 unspecified atom stereocenters. The van der Waals surface area contributed by atoms with Crippen molar-refractivity contribution in [1.29, 1.82) is 0 Å². The Morgan fingerprint density at radius 2 is 1.60 bits per heavy atom. The topological polar surface area (TPSA) is 17.1 Å². The predicted octanol–water partition coefficient (Wildman–Crippen LogP) is 4.21. The van der Waals surface area contributed by atoms with Crippen molar-refractivity contribution in [3.05, 3.63) is 0 Å². The summed E-state index contributed by atoms with van der Waals surface area (Å²) in [5.41, 5.74) is -0.0504. The normalized spacial score (nSPS) is 27.7. The van der Waals surface area contributed by atoms with Crippen molar-refractivity contribution < 1.29 is 4.79 Å². The van der Waals surface area contributed by atoms with Gasteiger partial charge in [-0.2, -0.15) is 0 Å². The van der Waals surface area contributed by atoms with Gasteiger partial charge in [0.2, 0.25) is 0 Å². The van der Waals surface area contributed by atoms with Crippen molar-refractivity contribution in [2.75, 3.05) is 0 Å². The fourth-order valence-electron chi connectivity index (χ4n) is 2.61. The molecule has 0 saturated heterocycles. The smallest absolute Gasteiger partial charge is 0.141 e. The Morgan fingerprint density at radius 1 is 1.13 bits per heavy atom. The molecule has 0 aromatic rings. The second kappa shape index (κ2) is 5.14. The standard InChI is InChI=1S/C14H26O/c1-5-14(4,6-2)13(15)12-9-7-11(3)8-10-12/h11-12H,5-10H2,1-4H3. The summed E-state index contributed by atoms with van der Waals surface area (Å²) < 4.78 is 0. The van der Waals surface area contributed by atoms with Crippen molar-refractivity contribution in [3.8, 4) is 0 Å². The zero-order valence-corrected chi connectivity index (χ0v) is 10.8. The molecule has 0 N–H and O–H groups in total. The van der Waals surface area contributed by atoms with E-state index in [1.54, 1.807) is 0 Å². The van der Waals surface area contributed by atoms with Crippen LogP contribution in [0.15, 0.2) is 0 Å². The Labute approximate surface area is 94.6 Å². The minimum atomic E-state index is -0.0504. The van der Waals surface area contributed by atoms with Crippen LogP contribution < -0.4 is 0 Å². The largest absolute Gasteiger partial charge is 0.299 e. The number of hydrogen-bond donors (Lipinski definition) is 0. The lowest BCUT2D eigenvalue weighted by Crippen LogP contribution is -2.34. The van der Waals surface area contributed by atoms with E-state index in [1.807, 2.05) is 0 Å². The molecule has 1 saturated carbocycles. The number of carbonyl (C=O) groups excluding carboxylic acids is 1. The second-order valence-electron chi connectivity index (χ2n) is 5.59. The average molecular weight is 210 g/mol. The quantitative estimate of drug-likeness (QED) is 0.679. The maximum absolute atomic E-state index is 12.4. The third-order valence-corrected chi connectivity index (χ3v) is 4.54. The fourth-order valence-corrected chi connectivity index (χ4v) is 2.61. The first-order chi connectivity index (χ1) is 7.03. The van der Waals surface area contributed by atoms with Gasteiger partial charge in [0.25, 0.3) is 0 Å². The maximum Gasteiger partial charge on any atom is 0.141 e. The van der Waals surface area contributed by atoms with Gasteiger partial charge in [-0.15, -0.1) is 0 Å². The van der Waals surface area contributed by atoms with E-state index in [9.17, 15) is 4.79 Å². The Hall–Kier alpha value is -0.330. The molecular weight excluding hydrogens is 184 g/mol. The molecule has 1 fully saturated rings. The molecule has 0 atom stereocenters. The van der Waals surface area contributed by atoms with Crippen molar-refractivity contribution in [1.82, 2.24) is 0 Å². The third kappa shape index (κ3) is 2.83. The van der Waals surface area contributed by atoms with Crippen LogP contribution >= 0.6 is 0 Å². The lowest BCUT2D eigenvalue weighted by Gasteiger charge is -2.33. The summed E-state index contributed by atoms with van der Waals surface area (Å²) in [5.74, 6) is 1.74. The highest BCUT2D eigenvalue weighted by molar-refractivity contribution is 5.86. The van der Waals surface area contributed by atoms with Gasteiger partial charge >= 0.3 is 0 Å². The molecule has 0 heterocycles. The minimum Gasteiger partial charge on any atom is -0.299 e. The van der Waals surface area contributed by atoms with E-state index in [0.29, 0.717) is 11.7 Å². The molecule has 1 aliphatic carbocycles. The molecule has 0 spiro atoms. The van der Waals surface area contributed by atoms with Crippen LogP contribution in [0.25, 0.3) is 0 Å². The zero-order chi connectivity index (χ0) is 11.5. The van der Waals surface area contributed by atoms with Gasteiger partial charge in [-0.05, 0) is 31.6 Å². The zero-order valence-electron chi connectivity index (χ0n) is 10.8. The molecule has 0 aliphatic heterocycles. The van der Waals surface area contributed by atoms with E-state index in [-0.39, 0.29) is 5.41 Å². The van der Waals surface area contributed by atoms with Crippen LogP contribution in [0.4, 0.5) is 0 Å². The summed E-state index contributed by atoms with van der Waals surface area (Å²) in [6.45, 7) is 8.74. The average Bonchev–Trinajstić information content (AvgIpc) is 2.28. The molecule has 1 nitrogen and oxygen atoms in total. The first-order valence-electron chi connectivity index (χ1n) is 6.57. The summed E-state index contributed by atoms with van der Waals surface area (Å²) in [6.07, 6.45) is 6.76. The summed E-state index contributed by atoms with van der Waals surface area (Å²) in [6, 6.07) is 0. The molecule has 1 rings (SSSR count). The Kier molecular flexibility index (Phi) is 4.36. The molecule has 0 amide bonds. The molecular formula is C14H26O. The highest BCUT2D eigenvalue weighted by atomic mass is 16.1. The molecule has 1 aliphatic rings. The van der Waals surface area contributed by atoms with Crippen LogP contribution in [-0.4, -0.2) is 5.78 Å². The van der Waals surface area contributed by atoms with E-state index in [0.717, 1.165) is 31.6 Å². The van der Waals surface area contributed by atoms with Gasteiger partial charge < -0.3 is 0 Å². The first kappa shape index (κ1) is 12.7. The Morgan fingerprint density at radius 3 is 2.00 bits per heavy atom. The van der Waals surface area contributed by atoms with Gasteiger partial charge in [-0.3, -0.25) is 4.79 Å². The van der Waals surface area contributed by atoms with Crippen LogP contribution in [0.5, 0.6) is 0 Å². The number of rotatable bonds is 4. The number of Topliss-reactive ketones (excluding diaryl/α,β-unsaturated/α-hetero) is 1. The molecule has 15 heavy (non-hydrogen) atoms.